The van der Waals surface area contributed by atoms with Gasteiger partial charge >= 0.3 is 0 Å². The highest BCUT2D eigenvalue weighted by molar-refractivity contribution is 6.30. The number of benzene rings is 1. The Labute approximate surface area is 115 Å². The van der Waals surface area contributed by atoms with Gasteiger partial charge in [0.2, 0.25) is 0 Å². The van der Waals surface area contributed by atoms with E-state index >= 15 is 0 Å². The smallest absolute Gasteiger partial charge is 0.0949 e. The minimum atomic E-state index is 0.130. The molecule has 0 heterocycles. The quantitative estimate of drug-likeness (QED) is 0.811. The van der Waals surface area contributed by atoms with Gasteiger partial charge in [0.15, 0.2) is 0 Å². The maximum Gasteiger partial charge on any atom is 0.0949 e. The second-order valence-electron chi connectivity index (χ2n) is 5.45. The van der Waals surface area contributed by atoms with Crippen molar-refractivity contribution in [2.75, 3.05) is 13.2 Å². The van der Waals surface area contributed by atoms with Crippen LogP contribution in [0.3, 0.4) is 0 Å². The first kappa shape index (κ1) is 13.9. The molecular weight excluding hydrogens is 246 g/mol. The van der Waals surface area contributed by atoms with Gasteiger partial charge in [0.05, 0.1) is 6.10 Å². The van der Waals surface area contributed by atoms with Crippen LogP contribution < -0.4 is 5.32 Å². The summed E-state index contributed by atoms with van der Waals surface area (Å²) in [4.78, 5) is 0. The van der Waals surface area contributed by atoms with Gasteiger partial charge in [-0.3, -0.25) is 0 Å². The van der Waals surface area contributed by atoms with Gasteiger partial charge in [-0.05, 0) is 36.5 Å². The topological polar surface area (TPSA) is 21.3 Å². The second kappa shape index (κ2) is 6.55. The lowest BCUT2D eigenvalue weighted by atomic mass is 10.1. The van der Waals surface area contributed by atoms with Gasteiger partial charge in [-0.15, -0.1) is 0 Å². The van der Waals surface area contributed by atoms with Gasteiger partial charge in [-0.1, -0.05) is 37.6 Å². The van der Waals surface area contributed by atoms with Crippen molar-refractivity contribution in [1.82, 2.24) is 5.32 Å². The highest BCUT2D eigenvalue weighted by Gasteiger charge is 2.22. The van der Waals surface area contributed by atoms with E-state index in [1.165, 1.54) is 18.4 Å². The molecule has 1 aliphatic rings. The molecule has 1 atom stereocenters. The Hall–Kier alpha value is -0.570. The SMILES string of the molecule is CC(C)COC(CNC1CC1)c1ccc(Cl)cc1. The van der Waals surface area contributed by atoms with Crippen LogP contribution in [0.15, 0.2) is 24.3 Å². The van der Waals surface area contributed by atoms with Gasteiger partial charge in [0.25, 0.3) is 0 Å². The maximum absolute atomic E-state index is 6.00. The van der Waals surface area contributed by atoms with Crippen molar-refractivity contribution in [3.05, 3.63) is 34.9 Å². The summed E-state index contributed by atoms with van der Waals surface area (Å²) in [5, 5.41) is 4.31. The van der Waals surface area contributed by atoms with Crippen LogP contribution in [0.2, 0.25) is 5.02 Å². The number of hydrogen-bond donors (Lipinski definition) is 1. The average Bonchev–Trinajstić information content (AvgIpc) is 3.14. The third-order valence-corrected chi connectivity index (χ3v) is 3.29. The summed E-state index contributed by atoms with van der Waals surface area (Å²) in [6.45, 7) is 6.03. The zero-order valence-corrected chi connectivity index (χ0v) is 11.9. The molecule has 1 saturated carbocycles. The molecule has 1 aromatic rings. The molecule has 3 heteroatoms. The predicted molar refractivity (Wildman–Crippen MR) is 76.0 cm³/mol. The lowest BCUT2D eigenvalue weighted by Gasteiger charge is -2.20. The Morgan fingerprint density at radius 2 is 1.94 bits per heavy atom. The summed E-state index contributed by atoms with van der Waals surface area (Å²) in [6, 6.07) is 8.69. The zero-order valence-electron chi connectivity index (χ0n) is 11.2. The van der Waals surface area contributed by atoms with Crippen molar-refractivity contribution >= 4 is 11.6 Å². The monoisotopic (exact) mass is 267 g/mol. The molecule has 1 N–H and O–H groups in total. The minimum Gasteiger partial charge on any atom is -0.372 e. The zero-order chi connectivity index (χ0) is 13.0. The minimum absolute atomic E-state index is 0.130. The molecule has 0 bridgehead atoms. The normalized spacial score (nSPS) is 17.1. The summed E-state index contributed by atoms with van der Waals surface area (Å²) in [6.07, 6.45) is 2.74. The van der Waals surface area contributed by atoms with Crippen LogP contribution in [0.25, 0.3) is 0 Å². The molecule has 0 aliphatic heterocycles. The number of hydrogen-bond acceptors (Lipinski definition) is 2. The average molecular weight is 268 g/mol. The van der Waals surface area contributed by atoms with Crippen molar-refractivity contribution in [3.8, 4) is 0 Å². The second-order valence-corrected chi connectivity index (χ2v) is 5.89. The summed E-state index contributed by atoms with van der Waals surface area (Å²) in [5.41, 5.74) is 1.20. The first-order valence-electron chi connectivity index (χ1n) is 6.75. The molecule has 1 aromatic carbocycles. The Kier molecular flexibility index (Phi) is 5.04. The fourth-order valence-corrected chi connectivity index (χ4v) is 1.95. The van der Waals surface area contributed by atoms with E-state index in [9.17, 15) is 0 Å². The molecule has 2 rings (SSSR count). The summed E-state index contributed by atoms with van der Waals surface area (Å²) < 4.78 is 6.00. The van der Waals surface area contributed by atoms with E-state index in [0.717, 1.165) is 18.2 Å². The Bertz CT molecular complexity index is 353. The number of halogens is 1. The van der Waals surface area contributed by atoms with Crippen molar-refractivity contribution in [2.24, 2.45) is 5.92 Å². The Morgan fingerprint density at radius 1 is 1.28 bits per heavy atom. The molecule has 0 amide bonds. The van der Waals surface area contributed by atoms with E-state index in [0.29, 0.717) is 12.0 Å². The maximum atomic E-state index is 6.00. The largest absolute Gasteiger partial charge is 0.372 e. The summed E-state index contributed by atoms with van der Waals surface area (Å²) >= 11 is 5.92. The van der Waals surface area contributed by atoms with E-state index in [1.54, 1.807) is 0 Å². The van der Waals surface area contributed by atoms with Gasteiger partial charge < -0.3 is 10.1 Å². The van der Waals surface area contributed by atoms with Gasteiger partial charge in [0, 0.05) is 24.2 Å². The van der Waals surface area contributed by atoms with E-state index in [-0.39, 0.29) is 6.10 Å². The standard InChI is InChI=1S/C15H22ClNO/c1-11(2)10-18-15(9-17-14-7-8-14)12-3-5-13(16)6-4-12/h3-6,11,14-15,17H,7-10H2,1-2H3. The van der Waals surface area contributed by atoms with Crippen LogP contribution in [0, 0.1) is 5.92 Å². The molecule has 2 nitrogen and oxygen atoms in total. The molecular formula is C15H22ClNO. The summed E-state index contributed by atoms with van der Waals surface area (Å²) in [7, 11) is 0. The number of nitrogens with one attached hydrogen (secondary N) is 1. The molecule has 1 aliphatic carbocycles. The molecule has 0 aromatic heterocycles. The van der Waals surface area contributed by atoms with Crippen LogP contribution in [0.1, 0.15) is 38.4 Å². The van der Waals surface area contributed by atoms with Crippen molar-refractivity contribution < 1.29 is 4.74 Å². The van der Waals surface area contributed by atoms with Gasteiger partial charge in [0.1, 0.15) is 0 Å². The van der Waals surface area contributed by atoms with E-state index in [2.05, 4.69) is 31.3 Å². The van der Waals surface area contributed by atoms with Gasteiger partial charge in [-0.25, -0.2) is 0 Å². The van der Waals surface area contributed by atoms with Crippen LogP contribution in [-0.4, -0.2) is 19.2 Å². The molecule has 0 spiro atoms. The van der Waals surface area contributed by atoms with Crippen molar-refractivity contribution in [1.29, 1.82) is 0 Å². The van der Waals surface area contributed by atoms with Crippen LogP contribution in [0.4, 0.5) is 0 Å². The van der Waals surface area contributed by atoms with Crippen molar-refractivity contribution in [3.63, 3.8) is 0 Å². The summed E-state index contributed by atoms with van der Waals surface area (Å²) in [5.74, 6) is 0.556. The molecule has 18 heavy (non-hydrogen) atoms. The Balaban J connectivity index is 1.94. The van der Waals surface area contributed by atoms with Crippen LogP contribution >= 0.6 is 11.6 Å². The third kappa shape index (κ3) is 4.60. The number of ether oxygens (including phenoxy) is 1. The van der Waals surface area contributed by atoms with Gasteiger partial charge in [-0.2, -0.15) is 0 Å². The fraction of sp³-hybridized carbons (Fsp3) is 0.600. The molecule has 100 valence electrons. The highest BCUT2D eigenvalue weighted by Crippen LogP contribution is 2.23. The molecule has 0 saturated heterocycles. The fourth-order valence-electron chi connectivity index (χ4n) is 1.82. The Morgan fingerprint density at radius 3 is 2.50 bits per heavy atom. The molecule has 0 radical (unpaired) electrons. The highest BCUT2D eigenvalue weighted by atomic mass is 35.5. The van der Waals surface area contributed by atoms with Crippen LogP contribution in [-0.2, 0) is 4.74 Å². The first-order valence-corrected chi connectivity index (χ1v) is 7.13. The third-order valence-electron chi connectivity index (χ3n) is 3.04. The molecule has 1 unspecified atom stereocenters. The van der Waals surface area contributed by atoms with Crippen LogP contribution in [0.5, 0.6) is 0 Å². The predicted octanol–water partition coefficient (Wildman–Crippen LogP) is 3.81. The lowest BCUT2D eigenvalue weighted by Crippen LogP contribution is -2.26. The molecule has 1 fully saturated rings. The lowest BCUT2D eigenvalue weighted by molar-refractivity contribution is 0.0349. The van der Waals surface area contributed by atoms with Crippen molar-refractivity contribution in [2.45, 2.75) is 38.8 Å². The van der Waals surface area contributed by atoms with E-state index in [4.69, 9.17) is 16.3 Å². The number of rotatable bonds is 7. The van der Waals surface area contributed by atoms with E-state index in [1.807, 2.05) is 12.1 Å². The van der Waals surface area contributed by atoms with E-state index < -0.39 is 0 Å². The first-order chi connectivity index (χ1) is 8.65.